The van der Waals surface area contributed by atoms with Crippen molar-refractivity contribution in [3.05, 3.63) is 76.6 Å². The molecule has 29 heavy (non-hydrogen) atoms. The lowest BCUT2D eigenvalue weighted by Crippen LogP contribution is -2.09. The van der Waals surface area contributed by atoms with Crippen LogP contribution in [-0.4, -0.2) is 7.11 Å². The van der Waals surface area contributed by atoms with E-state index in [4.69, 9.17) is 4.74 Å². The lowest BCUT2D eigenvalue weighted by molar-refractivity contribution is 0.379. The number of hydrogen-bond donors (Lipinski definition) is 0. The maximum absolute atomic E-state index is 14.5. The molecule has 0 unspecified atom stereocenters. The number of methoxy groups -OCH3 is 1. The lowest BCUT2D eigenvalue weighted by atomic mass is 9.96. The molecule has 0 aliphatic carbocycles. The van der Waals surface area contributed by atoms with Gasteiger partial charge >= 0.3 is 0 Å². The third-order valence-corrected chi connectivity index (χ3v) is 4.10. The van der Waals surface area contributed by atoms with Crippen molar-refractivity contribution < 1.29 is 44.3 Å². The van der Waals surface area contributed by atoms with Crippen molar-refractivity contribution in [2.75, 3.05) is 7.11 Å². The molecular weight excluding hydrogens is 415 g/mol. The number of benzene rings is 3. The number of halogens is 9. The second kappa shape index (κ2) is 7.34. The van der Waals surface area contributed by atoms with Crippen LogP contribution in [0.4, 0.5) is 39.5 Å². The highest BCUT2D eigenvalue weighted by Gasteiger charge is 2.34. The van der Waals surface area contributed by atoms with Gasteiger partial charge in [0.2, 0.25) is 5.82 Å². The minimum Gasteiger partial charge on any atom is -0.497 e. The molecule has 0 amide bonds. The van der Waals surface area contributed by atoms with Crippen LogP contribution in [0.3, 0.4) is 0 Å². The molecule has 0 N–H and O–H groups in total. The Morgan fingerprint density at radius 2 is 0.759 bits per heavy atom. The molecule has 0 aromatic heterocycles. The first-order valence-electron chi connectivity index (χ1n) is 7.63. The third-order valence-electron chi connectivity index (χ3n) is 4.10. The average Bonchev–Trinajstić information content (AvgIpc) is 2.72. The molecule has 0 atom stereocenters. The average molecular weight is 422 g/mol. The molecule has 0 saturated heterocycles. The molecule has 152 valence electrons. The fourth-order valence-corrected chi connectivity index (χ4v) is 2.69. The van der Waals surface area contributed by atoms with Crippen LogP contribution >= 0.6 is 0 Å². The van der Waals surface area contributed by atoms with Gasteiger partial charge in [-0.3, -0.25) is 0 Å². The second-order valence-electron chi connectivity index (χ2n) is 5.68. The molecule has 0 aliphatic heterocycles. The summed E-state index contributed by atoms with van der Waals surface area (Å²) in [6.07, 6.45) is 0. The summed E-state index contributed by atoms with van der Waals surface area (Å²) in [6, 6.07) is 4.50. The van der Waals surface area contributed by atoms with Gasteiger partial charge in [-0.15, -0.1) is 0 Å². The molecule has 0 spiro atoms. The van der Waals surface area contributed by atoms with Crippen molar-refractivity contribution in [3.63, 3.8) is 0 Å². The Morgan fingerprint density at radius 3 is 1.14 bits per heavy atom. The Morgan fingerprint density at radius 1 is 0.448 bits per heavy atom. The van der Waals surface area contributed by atoms with E-state index in [0.717, 1.165) is 12.1 Å². The van der Waals surface area contributed by atoms with E-state index in [2.05, 4.69) is 0 Å². The zero-order valence-corrected chi connectivity index (χ0v) is 14.1. The minimum absolute atomic E-state index is 0.244. The SMILES string of the molecule is COc1ccc(-c2c(F)c(F)c(-c3c(F)c(F)c(F)c(F)c3F)c(F)c2F)cc1. The van der Waals surface area contributed by atoms with Crippen LogP contribution < -0.4 is 4.74 Å². The van der Waals surface area contributed by atoms with Gasteiger partial charge in [0.15, 0.2) is 46.5 Å². The Labute approximate surface area is 157 Å². The molecule has 10 heteroatoms. The van der Waals surface area contributed by atoms with Gasteiger partial charge in [-0.05, 0) is 17.7 Å². The number of ether oxygens (including phenoxy) is 1. The molecule has 3 aromatic rings. The molecule has 0 fully saturated rings. The molecule has 0 aliphatic rings. The smallest absolute Gasteiger partial charge is 0.200 e. The van der Waals surface area contributed by atoms with Crippen molar-refractivity contribution in [1.29, 1.82) is 0 Å². The summed E-state index contributed by atoms with van der Waals surface area (Å²) in [6.45, 7) is 0. The van der Waals surface area contributed by atoms with Crippen LogP contribution in [0.5, 0.6) is 5.75 Å². The van der Waals surface area contributed by atoms with Crippen molar-refractivity contribution in [2.24, 2.45) is 0 Å². The second-order valence-corrected chi connectivity index (χ2v) is 5.68. The molecule has 3 aromatic carbocycles. The first-order valence-corrected chi connectivity index (χ1v) is 7.63. The third kappa shape index (κ3) is 3.08. The minimum atomic E-state index is -2.61. The fraction of sp³-hybridized carbons (Fsp3) is 0.0526. The molecule has 0 radical (unpaired) electrons. The highest BCUT2D eigenvalue weighted by molar-refractivity contribution is 5.74. The highest BCUT2D eigenvalue weighted by atomic mass is 19.2. The van der Waals surface area contributed by atoms with E-state index in [0.29, 0.717) is 0 Å². The first-order chi connectivity index (χ1) is 13.6. The normalized spacial score (nSPS) is 11.1. The number of hydrogen-bond acceptors (Lipinski definition) is 1. The summed E-state index contributed by atoms with van der Waals surface area (Å²) in [5.74, 6) is -21.5. The first kappa shape index (κ1) is 20.6. The van der Waals surface area contributed by atoms with Crippen LogP contribution in [0.25, 0.3) is 22.3 Å². The molecule has 0 saturated carbocycles. The Hall–Kier alpha value is -3.17. The fourth-order valence-electron chi connectivity index (χ4n) is 2.69. The van der Waals surface area contributed by atoms with Crippen LogP contribution in [-0.2, 0) is 0 Å². The van der Waals surface area contributed by atoms with Crippen molar-refractivity contribution in [3.8, 4) is 28.0 Å². The summed E-state index contributed by atoms with van der Waals surface area (Å²) in [5, 5.41) is 0. The zero-order chi connectivity index (χ0) is 21.6. The van der Waals surface area contributed by atoms with Gasteiger partial charge < -0.3 is 4.74 Å². The van der Waals surface area contributed by atoms with Crippen LogP contribution in [0.2, 0.25) is 0 Å². The summed E-state index contributed by atoms with van der Waals surface area (Å²) in [5.41, 5.74) is -5.81. The molecular formula is C19H7F9O. The molecule has 0 heterocycles. The van der Waals surface area contributed by atoms with E-state index in [1.165, 1.54) is 19.2 Å². The molecule has 1 nitrogen and oxygen atoms in total. The van der Waals surface area contributed by atoms with Crippen LogP contribution in [0.1, 0.15) is 0 Å². The summed E-state index contributed by atoms with van der Waals surface area (Å²) in [7, 11) is 1.29. The van der Waals surface area contributed by atoms with Crippen molar-refractivity contribution in [2.45, 2.75) is 0 Å². The Bertz CT molecular complexity index is 1070. The van der Waals surface area contributed by atoms with E-state index < -0.39 is 69.0 Å². The lowest BCUT2D eigenvalue weighted by Gasteiger charge is -2.14. The van der Waals surface area contributed by atoms with Gasteiger partial charge in [0.05, 0.1) is 23.8 Å². The van der Waals surface area contributed by atoms with Crippen molar-refractivity contribution >= 4 is 0 Å². The van der Waals surface area contributed by atoms with Crippen molar-refractivity contribution in [1.82, 2.24) is 0 Å². The topological polar surface area (TPSA) is 9.23 Å². The zero-order valence-electron chi connectivity index (χ0n) is 14.1. The van der Waals surface area contributed by atoms with Gasteiger partial charge in [-0.25, -0.2) is 39.5 Å². The van der Waals surface area contributed by atoms with Gasteiger partial charge in [-0.2, -0.15) is 0 Å². The van der Waals surface area contributed by atoms with Crippen LogP contribution in [0, 0.1) is 52.4 Å². The Balaban J connectivity index is 2.36. The predicted molar refractivity (Wildman–Crippen MR) is 83.5 cm³/mol. The predicted octanol–water partition coefficient (Wildman–Crippen LogP) is 6.28. The summed E-state index contributed by atoms with van der Waals surface area (Å²) < 4.78 is 130. The highest BCUT2D eigenvalue weighted by Crippen LogP contribution is 2.40. The maximum atomic E-state index is 14.5. The van der Waals surface area contributed by atoms with Crippen LogP contribution in [0.15, 0.2) is 24.3 Å². The molecule has 3 rings (SSSR count). The Kier molecular flexibility index (Phi) is 5.20. The summed E-state index contributed by atoms with van der Waals surface area (Å²) in [4.78, 5) is 0. The van der Waals surface area contributed by atoms with E-state index in [-0.39, 0.29) is 11.3 Å². The number of rotatable bonds is 3. The van der Waals surface area contributed by atoms with E-state index in [1.807, 2.05) is 0 Å². The largest absolute Gasteiger partial charge is 0.497 e. The van der Waals surface area contributed by atoms with Gasteiger partial charge in [0.25, 0.3) is 0 Å². The van der Waals surface area contributed by atoms with Gasteiger partial charge in [0.1, 0.15) is 5.75 Å². The maximum Gasteiger partial charge on any atom is 0.200 e. The molecule has 0 bridgehead atoms. The van der Waals surface area contributed by atoms with Gasteiger partial charge in [-0.1, -0.05) is 12.1 Å². The standard InChI is InChI=1S/C19H7F9O/c1-29-7-4-2-6(3-5-7)8-11(20)13(22)9(14(23)12(8)21)10-15(24)17(26)19(28)18(27)16(10)25/h2-5H,1H3. The quantitative estimate of drug-likeness (QED) is 0.274. The summed E-state index contributed by atoms with van der Waals surface area (Å²) >= 11 is 0. The van der Waals surface area contributed by atoms with E-state index >= 15 is 0 Å². The monoisotopic (exact) mass is 422 g/mol. The van der Waals surface area contributed by atoms with Gasteiger partial charge in [0, 0.05) is 0 Å². The van der Waals surface area contributed by atoms with E-state index in [1.54, 1.807) is 0 Å². The van der Waals surface area contributed by atoms with E-state index in [9.17, 15) is 39.5 Å².